The van der Waals surface area contributed by atoms with Crippen LogP contribution in [0.1, 0.15) is 33.1 Å². The van der Waals surface area contributed by atoms with E-state index in [4.69, 9.17) is 0 Å². The number of piperidine rings is 1. The first kappa shape index (κ1) is 9.01. The van der Waals surface area contributed by atoms with Crippen molar-refractivity contribution in [1.29, 1.82) is 0 Å². The highest BCUT2D eigenvalue weighted by molar-refractivity contribution is 4.87. The van der Waals surface area contributed by atoms with Gasteiger partial charge in [0.1, 0.15) is 0 Å². The molecule has 1 aliphatic heterocycles. The van der Waals surface area contributed by atoms with Crippen LogP contribution in [0.15, 0.2) is 0 Å². The minimum Gasteiger partial charge on any atom is -0.392 e. The second-order valence-corrected chi connectivity index (χ2v) is 3.60. The average Bonchev–Trinajstić information content (AvgIpc) is 1.99. The first-order valence-electron chi connectivity index (χ1n) is 4.28. The molecule has 2 N–H and O–H groups in total. The Hall–Kier alpha value is -0.0800. The molecule has 0 aromatic heterocycles. The Kier molecular flexibility index (Phi) is 2.90. The third-order valence-electron chi connectivity index (χ3n) is 2.87. The van der Waals surface area contributed by atoms with E-state index in [1.54, 1.807) is 0 Å². The van der Waals surface area contributed by atoms with Crippen molar-refractivity contribution in [2.45, 2.75) is 45.3 Å². The number of fused-ring (bicyclic) bond motifs is 2. The van der Waals surface area contributed by atoms with Gasteiger partial charge in [0.2, 0.25) is 0 Å². The second kappa shape index (κ2) is 3.55. The van der Waals surface area contributed by atoms with Gasteiger partial charge < -0.3 is 10.4 Å². The van der Waals surface area contributed by atoms with Gasteiger partial charge >= 0.3 is 0 Å². The van der Waals surface area contributed by atoms with Crippen LogP contribution in [0.5, 0.6) is 0 Å². The Bertz CT molecular complexity index is 125. The van der Waals surface area contributed by atoms with Crippen LogP contribution in [0.25, 0.3) is 0 Å². The van der Waals surface area contributed by atoms with E-state index < -0.39 is 0 Å². The number of β-amino-alcohol motifs (C(OH)–C–C–N with tert-alkyl or cyclic N) is 1. The molecule has 0 radical (unpaired) electrons. The number of aliphatic hydroxyl groups is 1. The largest absolute Gasteiger partial charge is 0.392 e. The first-order chi connectivity index (χ1) is 4.86. The first-order valence-corrected chi connectivity index (χ1v) is 4.28. The van der Waals surface area contributed by atoms with Crippen LogP contribution in [-0.2, 0) is 0 Å². The summed E-state index contributed by atoms with van der Waals surface area (Å²) >= 11 is 0. The zero-order valence-corrected chi connectivity index (χ0v) is 6.21. The molecule has 3 unspecified atom stereocenters. The lowest BCUT2D eigenvalue weighted by Gasteiger charge is -2.38. The summed E-state index contributed by atoms with van der Waals surface area (Å²) in [6.07, 6.45) is 5.03. The molecule has 3 atom stereocenters. The number of aliphatic hydroxyl groups excluding tert-OH is 1. The van der Waals surface area contributed by atoms with Crippen LogP contribution in [-0.4, -0.2) is 23.8 Å². The van der Waals surface area contributed by atoms with Crippen LogP contribution in [0.4, 0.5) is 0 Å². The van der Waals surface area contributed by atoms with Crippen molar-refractivity contribution in [1.82, 2.24) is 5.32 Å². The van der Waals surface area contributed by atoms with Crippen molar-refractivity contribution < 1.29 is 5.11 Å². The molecule has 2 bridgehead atoms. The van der Waals surface area contributed by atoms with Crippen LogP contribution < -0.4 is 5.32 Å². The summed E-state index contributed by atoms with van der Waals surface area (Å²) in [7, 11) is 0. The van der Waals surface area contributed by atoms with Crippen molar-refractivity contribution in [2.24, 2.45) is 5.92 Å². The Balaban J connectivity index is 0.000000605. The lowest BCUT2D eigenvalue weighted by Crippen LogP contribution is -2.49. The van der Waals surface area contributed by atoms with Crippen LogP contribution in [0.2, 0.25) is 0 Å². The van der Waals surface area contributed by atoms with Gasteiger partial charge in [-0.2, -0.15) is 0 Å². The molecule has 2 heteroatoms. The van der Waals surface area contributed by atoms with Crippen LogP contribution >= 0.6 is 0 Å². The predicted molar refractivity (Wildman–Crippen MR) is 46.5 cm³/mol. The van der Waals surface area contributed by atoms with Crippen LogP contribution in [0, 0.1) is 5.92 Å². The molecule has 2 nitrogen and oxygen atoms in total. The molecule has 2 fully saturated rings. The van der Waals surface area contributed by atoms with E-state index >= 15 is 0 Å². The molecule has 1 aliphatic carbocycles. The number of hydrogen-bond donors (Lipinski definition) is 2. The molecule has 1 heterocycles. The average molecular weight is 157 g/mol. The minimum atomic E-state index is -0.0588. The van der Waals surface area contributed by atoms with Gasteiger partial charge in [0, 0.05) is 12.6 Å². The maximum atomic E-state index is 9.46. The molecule has 0 amide bonds. The zero-order chi connectivity index (χ0) is 6.97. The zero-order valence-electron chi connectivity index (χ0n) is 6.21. The molecule has 2 aliphatic rings. The van der Waals surface area contributed by atoms with Crippen LogP contribution in [0.3, 0.4) is 0 Å². The molecule has 11 heavy (non-hydrogen) atoms. The smallest absolute Gasteiger partial charge is 0.0693 e. The normalized spacial score (nSPS) is 42.8. The Morgan fingerprint density at radius 3 is 2.82 bits per heavy atom. The predicted octanol–water partition coefficient (Wildman–Crippen LogP) is 1.15. The molecule has 0 aromatic carbocycles. The summed E-state index contributed by atoms with van der Waals surface area (Å²) in [5.41, 5.74) is 0. The summed E-state index contributed by atoms with van der Waals surface area (Å²) in [6.45, 7) is 0.829. The summed E-state index contributed by atoms with van der Waals surface area (Å²) in [4.78, 5) is 0. The van der Waals surface area contributed by atoms with E-state index in [2.05, 4.69) is 5.32 Å². The van der Waals surface area contributed by atoms with E-state index in [0.717, 1.165) is 12.6 Å². The monoisotopic (exact) mass is 157 g/mol. The molecule has 0 spiro atoms. The number of hydrogen-bond acceptors (Lipinski definition) is 2. The summed E-state index contributed by atoms with van der Waals surface area (Å²) in [5.74, 6) is 0.611. The SMILES string of the molecule is C.OC1CNC2CCCC1C2. The van der Waals surface area contributed by atoms with E-state index in [-0.39, 0.29) is 13.5 Å². The maximum absolute atomic E-state index is 9.46. The Morgan fingerprint density at radius 2 is 2.09 bits per heavy atom. The van der Waals surface area contributed by atoms with Gasteiger partial charge in [-0.3, -0.25) is 0 Å². The van der Waals surface area contributed by atoms with E-state index in [0.29, 0.717) is 5.92 Å². The van der Waals surface area contributed by atoms with E-state index in [1.165, 1.54) is 25.7 Å². The lowest BCUT2D eigenvalue weighted by molar-refractivity contribution is 0.0416. The van der Waals surface area contributed by atoms with E-state index in [1.807, 2.05) is 0 Å². The van der Waals surface area contributed by atoms with Gasteiger partial charge in [-0.25, -0.2) is 0 Å². The summed E-state index contributed by atoms with van der Waals surface area (Å²) < 4.78 is 0. The number of nitrogens with one attached hydrogen (secondary N) is 1. The molecule has 2 rings (SSSR count). The lowest BCUT2D eigenvalue weighted by atomic mass is 9.79. The standard InChI is InChI=1S/C8H15NO.CH4/c10-8-5-9-7-3-1-2-6(8)4-7;/h6-10H,1-5H2;1H4. The second-order valence-electron chi connectivity index (χ2n) is 3.60. The van der Waals surface area contributed by atoms with Crippen molar-refractivity contribution in [3.8, 4) is 0 Å². The highest BCUT2D eigenvalue weighted by Crippen LogP contribution is 2.29. The molecule has 0 aromatic rings. The van der Waals surface area contributed by atoms with E-state index in [9.17, 15) is 5.11 Å². The molecule has 1 saturated carbocycles. The van der Waals surface area contributed by atoms with Gasteiger partial charge in [0.05, 0.1) is 6.10 Å². The molecular formula is C9H19NO. The van der Waals surface area contributed by atoms with Gasteiger partial charge in [-0.05, 0) is 25.2 Å². The minimum absolute atomic E-state index is 0. The maximum Gasteiger partial charge on any atom is 0.0693 e. The van der Waals surface area contributed by atoms with Crippen molar-refractivity contribution >= 4 is 0 Å². The van der Waals surface area contributed by atoms with Gasteiger partial charge in [-0.15, -0.1) is 0 Å². The summed E-state index contributed by atoms with van der Waals surface area (Å²) in [5, 5.41) is 12.8. The topological polar surface area (TPSA) is 32.3 Å². The summed E-state index contributed by atoms with van der Waals surface area (Å²) in [6, 6.07) is 0.724. The Labute approximate surface area is 69.0 Å². The molecular weight excluding hydrogens is 138 g/mol. The van der Waals surface area contributed by atoms with Gasteiger partial charge in [-0.1, -0.05) is 13.8 Å². The van der Waals surface area contributed by atoms with Crippen molar-refractivity contribution in [2.75, 3.05) is 6.54 Å². The quantitative estimate of drug-likeness (QED) is 0.553. The molecule has 1 saturated heterocycles. The third kappa shape index (κ3) is 1.74. The Morgan fingerprint density at radius 1 is 1.27 bits per heavy atom. The number of rotatable bonds is 0. The van der Waals surface area contributed by atoms with Gasteiger partial charge in [0.15, 0.2) is 0 Å². The van der Waals surface area contributed by atoms with Crippen molar-refractivity contribution in [3.05, 3.63) is 0 Å². The third-order valence-corrected chi connectivity index (χ3v) is 2.87. The highest BCUT2D eigenvalue weighted by Gasteiger charge is 2.31. The van der Waals surface area contributed by atoms with Crippen molar-refractivity contribution in [3.63, 3.8) is 0 Å². The fourth-order valence-electron chi connectivity index (χ4n) is 2.22. The molecule has 66 valence electrons. The highest BCUT2D eigenvalue weighted by atomic mass is 16.3. The van der Waals surface area contributed by atoms with Gasteiger partial charge in [0.25, 0.3) is 0 Å². The fraction of sp³-hybridized carbons (Fsp3) is 1.00. The fourth-order valence-corrected chi connectivity index (χ4v) is 2.22.